The minimum absolute atomic E-state index is 0.00482. The number of aromatic amines is 1. The van der Waals surface area contributed by atoms with Crippen molar-refractivity contribution in [1.82, 2.24) is 20.6 Å². The van der Waals surface area contributed by atoms with Crippen LogP contribution in [0, 0.1) is 0 Å². The number of aromatic nitrogens is 4. The van der Waals surface area contributed by atoms with E-state index in [0.717, 1.165) is 36.1 Å². The van der Waals surface area contributed by atoms with Gasteiger partial charge in [0.2, 0.25) is 0 Å². The molecule has 0 spiro atoms. The number of carbonyl (C=O) groups excluding carboxylic acids is 1. The first-order valence-corrected chi connectivity index (χ1v) is 11.6. The molecule has 4 aromatic rings. The summed E-state index contributed by atoms with van der Waals surface area (Å²) in [6.45, 7) is 1.74. The number of fused-ring (bicyclic) bond motifs is 1. The lowest BCUT2D eigenvalue weighted by molar-refractivity contribution is -0.112. The Morgan fingerprint density at radius 2 is 1.86 bits per heavy atom. The molecule has 6 rings (SSSR count). The highest BCUT2D eigenvalue weighted by molar-refractivity contribution is 6.71. The summed E-state index contributed by atoms with van der Waals surface area (Å²) in [6.07, 6.45) is 3.23. The summed E-state index contributed by atoms with van der Waals surface area (Å²) in [5, 5.41) is 35.0. The average Bonchev–Trinajstić information content (AvgIpc) is 3.65. The first kappa shape index (κ1) is 21.7. The van der Waals surface area contributed by atoms with Crippen LogP contribution in [0.25, 0.3) is 22.5 Å². The summed E-state index contributed by atoms with van der Waals surface area (Å²) >= 11 is 0. The van der Waals surface area contributed by atoms with Crippen molar-refractivity contribution in [1.29, 1.82) is 0 Å². The number of anilines is 2. The van der Waals surface area contributed by atoms with Crippen LogP contribution in [0.1, 0.15) is 24.5 Å². The van der Waals surface area contributed by atoms with Crippen LogP contribution in [0.15, 0.2) is 70.9 Å². The zero-order chi connectivity index (χ0) is 24.6. The van der Waals surface area contributed by atoms with Crippen LogP contribution in [0.3, 0.4) is 0 Å². The lowest BCUT2D eigenvalue weighted by Crippen LogP contribution is -2.28. The zero-order valence-electron chi connectivity index (χ0n) is 19.4. The molecule has 0 atom stereocenters. The van der Waals surface area contributed by atoms with Crippen molar-refractivity contribution in [2.75, 3.05) is 10.4 Å². The van der Waals surface area contributed by atoms with Crippen LogP contribution in [0.4, 0.5) is 11.4 Å². The number of carbonyl (C=O) groups is 1. The molecule has 0 unspecified atom stereocenters. The Labute approximate surface area is 206 Å². The van der Waals surface area contributed by atoms with Gasteiger partial charge in [0.1, 0.15) is 5.75 Å². The standard InChI is InChI=1S/C26H22N8O2/c1-15-23(26(36)34(31-15)20-12-11-16-5-2-6-17(16)14-20)28-27-22-10-4-9-21(24(22)35)18-7-3-8-19(13-18)25-29-32-33-30-25/h3-4,7-14,27,35H,2,5-6H2,1H3,(H,29,30,32,33). The molecule has 0 radical (unpaired) electrons. The highest BCUT2D eigenvalue weighted by Crippen LogP contribution is 2.36. The number of amides is 1. The Balaban J connectivity index is 1.25. The van der Waals surface area contributed by atoms with Gasteiger partial charge in [-0.2, -0.15) is 15.2 Å². The molecule has 0 saturated carbocycles. The Morgan fingerprint density at radius 1 is 1.03 bits per heavy atom. The number of hydrogen-bond acceptors (Lipinski definition) is 8. The smallest absolute Gasteiger partial charge is 0.301 e. The van der Waals surface area contributed by atoms with Gasteiger partial charge in [-0.3, -0.25) is 10.2 Å². The number of hydrogen-bond donors (Lipinski definition) is 3. The van der Waals surface area contributed by atoms with Crippen LogP contribution in [0.2, 0.25) is 0 Å². The van der Waals surface area contributed by atoms with E-state index in [0.29, 0.717) is 22.8 Å². The number of nitrogens with zero attached hydrogens (tertiary/aromatic N) is 6. The van der Waals surface area contributed by atoms with E-state index in [1.54, 1.807) is 25.1 Å². The fourth-order valence-electron chi connectivity index (χ4n) is 4.59. The third kappa shape index (κ3) is 3.78. The van der Waals surface area contributed by atoms with E-state index >= 15 is 0 Å². The van der Waals surface area contributed by atoms with E-state index in [4.69, 9.17) is 0 Å². The summed E-state index contributed by atoms with van der Waals surface area (Å²) in [6, 6.07) is 18.8. The van der Waals surface area contributed by atoms with Gasteiger partial charge in [-0.25, -0.2) is 5.10 Å². The van der Waals surface area contributed by atoms with Gasteiger partial charge < -0.3 is 5.11 Å². The topological polar surface area (TPSA) is 132 Å². The van der Waals surface area contributed by atoms with E-state index in [1.807, 2.05) is 36.4 Å². The Hall–Kier alpha value is -4.86. The molecule has 1 aliphatic carbocycles. The molecule has 1 amide bonds. The van der Waals surface area contributed by atoms with Gasteiger partial charge in [-0.15, -0.1) is 5.10 Å². The number of hydrazone groups is 2. The number of benzene rings is 3. The van der Waals surface area contributed by atoms with Crippen molar-refractivity contribution in [3.63, 3.8) is 0 Å². The SMILES string of the molecule is CC1=NN(c2ccc3c(c2)CCC3)C(=O)C1=NNc1cccc(-c2cccc(-c3nnn[nH]3)c2)c1O. The van der Waals surface area contributed by atoms with Crippen molar-refractivity contribution in [2.24, 2.45) is 10.2 Å². The lowest BCUT2D eigenvalue weighted by Gasteiger charge is -2.13. The molecule has 10 heteroatoms. The van der Waals surface area contributed by atoms with Crippen molar-refractivity contribution in [3.05, 3.63) is 71.8 Å². The molecule has 2 aliphatic rings. The van der Waals surface area contributed by atoms with Gasteiger partial charge in [-0.1, -0.05) is 36.4 Å². The molecule has 1 aliphatic heterocycles. The quantitative estimate of drug-likeness (QED) is 0.294. The van der Waals surface area contributed by atoms with Crippen LogP contribution in [-0.4, -0.2) is 43.1 Å². The largest absolute Gasteiger partial charge is 0.505 e. The predicted octanol–water partition coefficient (Wildman–Crippen LogP) is 3.92. The molecular formula is C26H22N8O2. The van der Waals surface area contributed by atoms with Crippen LogP contribution in [0.5, 0.6) is 5.75 Å². The maximum Gasteiger partial charge on any atom is 0.301 e. The number of H-pyrrole nitrogens is 1. The Kier molecular flexibility index (Phi) is 5.25. The first-order valence-electron chi connectivity index (χ1n) is 11.6. The number of nitrogens with one attached hydrogen (secondary N) is 2. The molecule has 36 heavy (non-hydrogen) atoms. The molecule has 3 N–H and O–H groups in total. The van der Waals surface area contributed by atoms with Crippen LogP contribution in [-0.2, 0) is 17.6 Å². The van der Waals surface area contributed by atoms with E-state index < -0.39 is 0 Å². The molecule has 0 bridgehead atoms. The highest BCUT2D eigenvalue weighted by Gasteiger charge is 2.31. The van der Waals surface area contributed by atoms with E-state index in [9.17, 15) is 9.90 Å². The molecule has 2 heterocycles. The van der Waals surface area contributed by atoms with Crippen LogP contribution >= 0.6 is 0 Å². The van der Waals surface area contributed by atoms with Gasteiger partial charge in [0, 0.05) is 11.1 Å². The van der Waals surface area contributed by atoms with E-state index in [2.05, 4.69) is 42.3 Å². The molecule has 3 aromatic carbocycles. The lowest BCUT2D eigenvalue weighted by atomic mass is 10.0. The van der Waals surface area contributed by atoms with E-state index in [-0.39, 0.29) is 17.4 Å². The maximum absolute atomic E-state index is 13.1. The number of phenolic OH excluding ortho intramolecular Hbond substituents is 1. The van der Waals surface area contributed by atoms with Crippen molar-refractivity contribution < 1.29 is 9.90 Å². The number of aryl methyl sites for hydroxylation is 2. The second-order valence-electron chi connectivity index (χ2n) is 8.71. The molecule has 0 fully saturated rings. The average molecular weight is 479 g/mol. The third-order valence-corrected chi connectivity index (χ3v) is 6.43. The van der Waals surface area contributed by atoms with Crippen molar-refractivity contribution in [3.8, 4) is 28.3 Å². The molecule has 1 aromatic heterocycles. The minimum atomic E-state index is -0.318. The molecule has 10 nitrogen and oxygen atoms in total. The second kappa shape index (κ2) is 8.73. The Morgan fingerprint density at radius 3 is 2.72 bits per heavy atom. The van der Waals surface area contributed by atoms with Crippen molar-refractivity contribution in [2.45, 2.75) is 26.2 Å². The minimum Gasteiger partial charge on any atom is -0.505 e. The van der Waals surface area contributed by atoms with Gasteiger partial charge in [0.25, 0.3) is 0 Å². The predicted molar refractivity (Wildman–Crippen MR) is 137 cm³/mol. The number of aromatic hydroxyl groups is 1. The van der Waals surface area contributed by atoms with Gasteiger partial charge >= 0.3 is 5.91 Å². The summed E-state index contributed by atoms with van der Waals surface area (Å²) < 4.78 is 0. The fourth-order valence-corrected chi connectivity index (χ4v) is 4.59. The number of tetrazole rings is 1. The molecule has 178 valence electrons. The van der Waals surface area contributed by atoms with E-state index in [1.165, 1.54) is 16.1 Å². The Bertz CT molecular complexity index is 1540. The fraction of sp³-hybridized carbons (Fsp3) is 0.154. The summed E-state index contributed by atoms with van der Waals surface area (Å²) in [5.74, 6) is 0.214. The van der Waals surface area contributed by atoms with Gasteiger partial charge in [0.05, 0.1) is 17.1 Å². The van der Waals surface area contributed by atoms with Crippen molar-refractivity contribution >= 4 is 28.7 Å². The monoisotopic (exact) mass is 478 g/mol. The molecular weight excluding hydrogens is 456 g/mol. The summed E-state index contributed by atoms with van der Waals surface area (Å²) in [5.41, 5.74) is 9.39. The highest BCUT2D eigenvalue weighted by atomic mass is 16.3. The van der Waals surface area contributed by atoms with Gasteiger partial charge in [0.15, 0.2) is 11.5 Å². The molecule has 0 saturated heterocycles. The normalized spacial score (nSPS) is 15.9. The number of phenols is 1. The van der Waals surface area contributed by atoms with Gasteiger partial charge in [-0.05, 0) is 77.6 Å². The summed E-state index contributed by atoms with van der Waals surface area (Å²) in [4.78, 5) is 13.1. The zero-order valence-corrected chi connectivity index (χ0v) is 19.4. The van der Waals surface area contributed by atoms with Crippen LogP contribution < -0.4 is 10.4 Å². The third-order valence-electron chi connectivity index (χ3n) is 6.43. The maximum atomic E-state index is 13.1. The number of para-hydroxylation sites is 1. The second-order valence-corrected chi connectivity index (χ2v) is 8.71. The summed E-state index contributed by atoms with van der Waals surface area (Å²) in [7, 11) is 0. The first-order chi connectivity index (χ1) is 17.6. The number of rotatable bonds is 5.